The van der Waals surface area contributed by atoms with Crippen molar-refractivity contribution in [3.63, 3.8) is 0 Å². The fraction of sp³-hybridized carbons (Fsp3) is 0.733. The molecule has 0 bridgehead atoms. The number of carboxylic acids is 1. The van der Waals surface area contributed by atoms with E-state index in [2.05, 4.69) is 4.74 Å². The third-order valence-electron chi connectivity index (χ3n) is 5.68. The van der Waals surface area contributed by atoms with Crippen LogP contribution in [0.25, 0.3) is 0 Å². The maximum atomic E-state index is 13.5. The molecule has 0 saturated heterocycles. The summed E-state index contributed by atoms with van der Waals surface area (Å²) in [5, 5.41) is 8.76. The smallest absolute Gasteiger partial charge is 0.332 e. The van der Waals surface area contributed by atoms with Crippen LogP contribution in [0.15, 0.2) is 6.07 Å². The van der Waals surface area contributed by atoms with E-state index < -0.39 is 59.8 Å². The number of benzene rings is 1. The summed E-state index contributed by atoms with van der Waals surface area (Å²) in [7, 11) is 0. The molecule has 1 rings (SSSR count). The van der Waals surface area contributed by atoms with Crippen molar-refractivity contribution in [2.24, 2.45) is 0 Å². The van der Waals surface area contributed by atoms with Crippen LogP contribution < -0.4 is 4.74 Å². The molecule has 278 valence electrons. The molecule has 0 radical (unpaired) electrons. The van der Waals surface area contributed by atoms with Gasteiger partial charge in [0.1, 0.15) is 0 Å². The van der Waals surface area contributed by atoms with Gasteiger partial charge in [0.25, 0.3) is 0 Å². The highest BCUT2D eigenvalue weighted by Crippen LogP contribution is 2.26. The number of carbonyl (C=O) groups excluding carboxylic acids is 1. The topological polar surface area (TPSA) is 156 Å². The van der Waals surface area contributed by atoms with Crippen molar-refractivity contribution in [1.29, 1.82) is 0 Å². The Bertz CT molecular complexity index is 981. The second-order valence-corrected chi connectivity index (χ2v) is 9.38. The molecule has 1 aromatic rings. The van der Waals surface area contributed by atoms with Crippen molar-refractivity contribution in [2.75, 3.05) is 112 Å². The van der Waals surface area contributed by atoms with Crippen LogP contribution in [-0.2, 0) is 57.0 Å². The van der Waals surface area contributed by atoms with E-state index >= 15 is 0 Å². The Labute approximate surface area is 276 Å². The zero-order valence-corrected chi connectivity index (χ0v) is 27.2. The lowest BCUT2D eigenvalue weighted by molar-refractivity contribution is -0.179. The highest BCUT2D eigenvalue weighted by Gasteiger charge is 2.23. The molecule has 0 amide bonds. The summed E-state index contributed by atoms with van der Waals surface area (Å²) in [4.78, 5) is 22.3. The van der Waals surface area contributed by atoms with Crippen LogP contribution in [0.4, 0.5) is 17.6 Å². The Morgan fingerprint density at radius 2 is 1.04 bits per heavy atom. The molecule has 0 aliphatic rings. The van der Waals surface area contributed by atoms with Crippen molar-refractivity contribution in [2.45, 2.75) is 32.7 Å². The lowest BCUT2D eigenvalue weighted by Gasteiger charge is -2.18. The highest BCUT2D eigenvalue weighted by molar-refractivity contribution is 5.72. The highest BCUT2D eigenvalue weighted by atomic mass is 19.2. The number of rotatable bonds is 32. The van der Waals surface area contributed by atoms with E-state index in [9.17, 15) is 27.2 Å². The number of esters is 1. The van der Waals surface area contributed by atoms with Crippen LogP contribution in [0.5, 0.6) is 5.75 Å². The minimum absolute atomic E-state index is 0.0117. The molecule has 14 nitrogen and oxygen atoms in total. The normalized spacial score (nSPS) is 12.7. The summed E-state index contributed by atoms with van der Waals surface area (Å²) in [5.74, 6) is -10.6. The van der Waals surface area contributed by atoms with Crippen LogP contribution in [0.1, 0.15) is 20.3 Å². The van der Waals surface area contributed by atoms with E-state index in [1.54, 1.807) is 0 Å². The van der Waals surface area contributed by atoms with Crippen LogP contribution in [0.3, 0.4) is 0 Å². The fourth-order valence-corrected chi connectivity index (χ4v) is 3.27. The molecule has 1 N–H and O–H groups in total. The number of carbonyl (C=O) groups is 2. The van der Waals surface area contributed by atoms with Crippen LogP contribution in [0.2, 0.25) is 0 Å². The molecule has 0 spiro atoms. The van der Waals surface area contributed by atoms with Crippen molar-refractivity contribution < 1.29 is 84.4 Å². The zero-order chi connectivity index (χ0) is 35.4. The molecule has 0 aromatic heterocycles. The molecular weight excluding hydrogens is 660 g/mol. The minimum Gasteiger partial charge on any atom is -0.479 e. The van der Waals surface area contributed by atoms with Crippen molar-refractivity contribution in [1.82, 2.24) is 0 Å². The lowest BCUT2D eigenvalue weighted by atomic mass is 10.3. The molecule has 0 heterocycles. The van der Waals surface area contributed by atoms with Gasteiger partial charge >= 0.3 is 11.9 Å². The Balaban J connectivity index is 1.85. The predicted octanol–water partition coefficient (Wildman–Crippen LogP) is 2.52. The lowest BCUT2D eigenvalue weighted by Crippen LogP contribution is -2.27. The standard InChI is InChI=1S/C30H46F4O14/c1-3-45-26(21-44-17-18-46-22(2)30(36)37)47-19-16-43-15-14-42-13-12-41-11-10-40-9-8-39-7-6-38-5-4-25(35)48-29-27(33)23(31)20-24(32)28(29)34/h20,22,26H,3-19,21H2,1-2H3,(H,36,37). The fourth-order valence-electron chi connectivity index (χ4n) is 3.27. The van der Waals surface area contributed by atoms with Crippen LogP contribution in [-0.4, -0.2) is 142 Å². The third-order valence-corrected chi connectivity index (χ3v) is 5.68. The predicted molar refractivity (Wildman–Crippen MR) is 157 cm³/mol. The summed E-state index contributed by atoms with van der Waals surface area (Å²) in [6, 6.07) is 0.0117. The summed E-state index contributed by atoms with van der Waals surface area (Å²) >= 11 is 0. The second kappa shape index (κ2) is 28.3. The SMILES string of the molecule is CCOC(COCCOC(C)C(=O)O)OCCOCCOCCOCCOCCOCCOCCC(=O)Oc1c(F)c(F)cc(F)c1F. The first-order chi connectivity index (χ1) is 23.2. The van der Waals surface area contributed by atoms with Gasteiger partial charge in [0.05, 0.1) is 112 Å². The van der Waals surface area contributed by atoms with Crippen LogP contribution >= 0.6 is 0 Å². The van der Waals surface area contributed by atoms with Gasteiger partial charge in [-0.05, 0) is 13.8 Å². The molecule has 0 saturated carbocycles. The number of aliphatic carboxylic acids is 1. The Hall–Kier alpha value is -2.52. The van der Waals surface area contributed by atoms with Crippen LogP contribution in [0, 0.1) is 23.3 Å². The Morgan fingerprint density at radius 1 is 0.625 bits per heavy atom. The van der Waals surface area contributed by atoms with Gasteiger partial charge in [-0.15, -0.1) is 0 Å². The van der Waals surface area contributed by atoms with Gasteiger partial charge in [-0.25, -0.2) is 13.6 Å². The molecule has 2 unspecified atom stereocenters. The maximum Gasteiger partial charge on any atom is 0.332 e. The second-order valence-electron chi connectivity index (χ2n) is 9.38. The number of carboxylic acid groups (broad SMARTS) is 1. The van der Waals surface area contributed by atoms with E-state index in [4.69, 9.17) is 52.5 Å². The van der Waals surface area contributed by atoms with Crippen molar-refractivity contribution in [3.05, 3.63) is 29.3 Å². The van der Waals surface area contributed by atoms with E-state index in [1.165, 1.54) is 6.92 Å². The van der Waals surface area contributed by atoms with E-state index in [0.717, 1.165) is 0 Å². The van der Waals surface area contributed by atoms with E-state index in [1.807, 2.05) is 6.92 Å². The zero-order valence-electron chi connectivity index (χ0n) is 27.2. The largest absolute Gasteiger partial charge is 0.479 e. The molecule has 0 aliphatic heterocycles. The third kappa shape index (κ3) is 21.5. The molecule has 0 aliphatic carbocycles. The van der Waals surface area contributed by atoms with Gasteiger partial charge in [-0.3, -0.25) is 4.79 Å². The molecule has 0 fully saturated rings. The quantitative estimate of drug-likeness (QED) is 0.0291. The van der Waals surface area contributed by atoms with Gasteiger partial charge in [0.15, 0.2) is 24.0 Å². The molecule has 18 heteroatoms. The molecule has 48 heavy (non-hydrogen) atoms. The average Bonchev–Trinajstić information content (AvgIpc) is 3.06. The first-order valence-corrected chi connectivity index (χ1v) is 15.3. The summed E-state index contributed by atoms with van der Waals surface area (Å²) in [6.45, 7) is 7.86. The maximum absolute atomic E-state index is 13.5. The van der Waals surface area contributed by atoms with Gasteiger partial charge < -0.3 is 57.2 Å². The first kappa shape index (κ1) is 43.5. The first-order valence-electron chi connectivity index (χ1n) is 15.3. The van der Waals surface area contributed by atoms with Gasteiger partial charge in [-0.1, -0.05) is 0 Å². The summed E-state index contributed by atoms with van der Waals surface area (Å²) in [5.41, 5.74) is 0. The summed E-state index contributed by atoms with van der Waals surface area (Å²) in [6.07, 6.45) is -1.87. The van der Waals surface area contributed by atoms with Crippen molar-refractivity contribution >= 4 is 11.9 Å². The monoisotopic (exact) mass is 706 g/mol. The van der Waals surface area contributed by atoms with Gasteiger partial charge in [-0.2, -0.15) is 8.78 Å². The number of hydrogen-bond acceptors (Lipinski definition) is 13. The summed E-state index contributed by atoms with van der Waals surface area (Å²) < 4.78 is 111. The van der Waals surface area contributed by atoms with E-state index in [0.29, 0.717) is 66.1 Å². The molecule has 2 atom stereocenters. The number of hydrogen-bond donors (Lipinski definition) is 1. The van der Waals surface area contributed by atoms with E-state index in [-0.39, 0.29) is 52.3 Å². The Morgan fingerprint density at radius 3 is 1.50 bits per heavy atom. The Kier molecular flexibility index (Phi) is 25.7. The molecular formula is C30H46F4O14. The minimum atomic E-state index is -1.80. The van der Waals surface area contributed by atoms with Gasteiger partial charge in [0.2, 0.25) is 17.4 Å². The average molecular weight is 707 g/mol. The van der Waals surface area contributed by atoms with Gasteiger partial charge in [0, 0.05) is 12.7 Å². The number of ether oxygens (including phenoxy) is 11. The number of halogens is 4. The molecule has 1 aromatic carbocycles. The van der Waals surface area contributed by atoms with Crippen molar-refractivity contribution in [3.8, 4) is 5.75 Å².